The highest BCUT2D eigenvalue weighted by molar-refractivity contribution is 5.37. The summed E-state index contributed by atoms with van der Waals surface area (Å²) < 4.78 is 8.96. The van der Waals surface area contributed by atoms with Crippen molar-refractivity contribution in [3.8, 4) is 5.75 Å². The molecule has 2 aromatic heterocycles. The van der Waals surface area contributed by atoms with Crippen LogP contribution in [0, 0.1) is 6.92 Å². The quantitative estimate of drug-likeness (QED) is 0.730. The summed E-state index contributed by atoms with van der Waals surface area (Å²) in [6.45, 7) is 2.15. The van der Waals surface area contributed by atoms with Gasteiger partial charge in [0.1, 0.15) is 6.61 Å². The van der Waals surface area contributed by atoms with E-state index in [9.17, 15) is 4.79 Å². The van der Waals surface area contributed by atoms with E-state index in [0.717, 1.165) is 5.56 Å². The molecule has 0 spiro atoms. The van der Waals surface area contributed by atoms with Crippen LogP contribution in [-0.2, 0) is 13.7 Å². The molecule has 3 rings (SSSR count). The Balaban J connectivity index is 1.97. The molecule has 0 amide bonds. The summed E-state index contributed by atoms with van der Waals surface area (Å²) in [5, 5.41) is 0. The number of imidazole rings is 1. The molecule has 0 unspecified atom stereocenters. The van der Waals surface area contributed by atoms with Crippen LogP contribution < -0.4 is 10.3 Å². The van der Waals surface area contributed by atoms with Gasteiger partial charge in [-0.15, -0.1) is 0 Å². The summed E-state index contributed by atoms with van der Waals surface area (Å²) in [7, 11) is 1.85. The van der Waals surface area contributed by atoms with Crippen molar-refractivity contribution in [3.63, 3.8) is 0 Å². The van der Waals surface area contributed by atoms with E-state index in [4.69, 9.17) is 4.74 Å². The van der Waals surface area contributed by atoms with Crippen LogP contribution in [0.4, 0.5) is 0 Å². The van der Waals surface area contributed by atoms with E-state index in [1.165, 1.54) is 4.40 Å². The third kappa shape index (κ3) is 2.07. The second-order valence-electron chi connectivity index (χ2n) is 4.68. The maximum Gasteiger partial charge on any atom is 0.301 e. The largest absolute Gasteiger partial charge is 0.482 e. The zero-order valence-corrected chi connectivity index (χ0v) is 11.4. The van der Waals surface area contributed by atoms with Gasteiger partial charge < -0.3 is 9.30 Å². The Hall–Kier alpha value is -2.56. The van der Waals surface area contributed by atoms with Crippen LogP contribution in [0.2, 0.25) is 0 Å². The molecule has 0 fully saturated rings. The number of rotatable bonds is 3. The van der Waals surface area contributed by atoms with Crippen LogP contribution in [0.1, 0.15) is 11.3 Å². The minimum Gasteiger partial charge on any atom is -0.482 e. The Morgan fingerprint density at radius 1 is 1.20 bits per heavy atom. The number of fused-ring (bicyclic) bond motifs is 1. The zero-order valence-electron chi connectivity index (χ0n) is 11.4. The molecule has 0 saturated carbocycles. The van der Waals surface area contributed by atoms with Crippen LogP contribution >= 0.6 is 0 Å². The molecule has 0 radical (unpaired) electrons. The molecule has 2 heterocycles. The van der Waals surface area contributed by atoms with Crippen molar-refractivity contribution in [1.82, 2.24) is 14.0 Å². The summed E-state index contributed by atoms with van der Waals surface area (Å²) in [4.78, 5) is 16.8. The molecule has 5 nitrogen and oxygen atoms in total. The molecule has 102 valence electrons. The van der Waals surface area contributed by atoms with Crippen molar-refractivity contribution in [2.45, 2.75) is 13.5 Å². The molecule has 0 saturated heterocycles. The van der Waals surface area contributed by atoms with Gasteiger partial charge in [-0.05, 0) is 12.5 Å². The van der Waals surface area contributed by atoms with Crippen molar-refractivity contribution in [2.75, 3.05) is 0 Å². The fourth-order valence-electron chi connectivity index (χ4n) is 2.12. The second kappa shape index (κ2) is 4.85. The molecule has 0 bridgehead atoms. The van der Waals surface area contributed by atoms with Crippen molar-refractivity contribution >= 4 is 5.78 Å². The van der Waals surface area contributed by atoms with Gasteiger partial charge in [0.15, 0.2) is 0 Å². The normalized spacial score (nSPS) is 10.9. The predicted molar refractivity (Wildman–Crippen MR) is 75.9 cm³/mol. The van der Waals surface area contributed by atoms with Gasteiger partial charge in [0.05, 0.1) is 5.69 Å². The van der Waals surface area contributed by atoms with Crippen LogP contribution in [-0.4, -0.2) is 14.0 Å². The third-order valence-corrected chi connectivity index (χ3v) is 3.21. The number of aryl methyl sites for hydroxylation is 2. The average molecular weight is 269 g/mol. The van der Waals surface area contributed by atoms with Crippen molar-refractivity contribution < 1.29 is 4.74 Å². The number of hydrogen-bond donors (Lipinski definition) is 0. The number of nitrogens with zero attached hydrogens (tertiary/aromatic N) is 3. The maximum atomic E-state index is 12.4. The molecule has 0 N–H and O–H groups in total. The molecule has 0 aliphatic rings. The highest BCUT2D eigenvalue weighted by Gasteiger charge is 2.12. The Morgan fingerprint density at radius 2 is 1.95 bits per heavy atom. The summed E-state index contributed by atoms with van der Waals surface area (Å²) in [5.41, 5.74) is 1.45. The number of hydrogen-bond acceptors (Lipinski definition) is 3. The maximum absolute atomic E-state index is 12.4. The second-order valence-corrected chi connectivity index (χ2v) is 4.68. The van der Waals surface area contributed by atoms with Crippen LogP contribution in [0.25, 0.3) is 5.78 Å². The molecule has 0 aliphatic heterocycles. The smallest absolute Gasteiger partial charge is 0.301 e. The Bertz CT molecular complexity index is 803. The van der Waals surface area contributed by atoms with Gasteiger partial charge >= 0.3 is 5.56 Å². The van der Waals surface area contributed by atoms with Crippen molar-refractivity contribution in [2.24, 2.45) is 7.05 Å². The van der Waals surface area contributed by atoms with E-state index in [-0.39, 0.29) is 5.56 Å². The van der Waals surface area contributed by atoms with Gasteiger partial charge in [-0.1, -0.05) is 30.3 Å². The van der Waals surface area contributed by atoms with E-state index < -0.39 is 0 Å². The van der Waals surface area contributed by atoms with Gasteiger partial charge in [0.2, 0.25) is 11.5 Å². The molecule has 0 aliphatic carbocycles. The Morgan fingerprint density at radius 3 is 2.70 bits per heavy atom. The topological polar surface area (TPSA) is 48.5 Å². The van der Waals surface area contributed by atoms with Gasteiger partial charge in [0.25, 0.3) is 0 Å². The molecule has 3 aromatic rings. The summed E-state index contributed by atoms with van der Waals surface area (Å²) in [6.07, 6.45) is 3.49. The van der Waals surface area contributed by atoms with E-state index in [0.29, 0.717) is 23.8 Å². The van der Waals surface area contributed by atoms with Gasteiger partial charge in [-0.25, -0.2) is 9.38 Å². The van der Waals surface area contributed by atoms with E-state index in [1.807, 2.05) is 37.4 Å². The number of benzene rings is 1. The van der Waals surface area contributed by atoms with Crippen LogP contribution in [0.15, 0.2) is 47.5 Å². The van der Waals surface area contributed by atoms with Crippen molar-refractivity contribution in [1.29, 1.82) is 0 Å². The van der Waals surface area contributed by atoms with Crippen molar-refractivity contribution in [3.05, 3.63) is 64.3 Å². The van der Waals surface area contributed by atoms with Gasteiger partial charge in [0, 0.05) is 19.4 Å². The first kappa shape index (κ1) is 12.5. The van der Waals surface area contributed by atoms with Gasteiger partial charge in [-0.2, -0.15) is 0 Å². The molecule has 20 heavy (non-hydrogen) atoms. The zero-order chi connectivity index (χ0) is 14.1. The fourth-order valence-corrected chi connectivity index (χ4v) is 2.12. The average Bonchev–Trinajstić information content (AvgIpc) is 2.81. The first-order valence-corrected chi connectivity index (χ1v) is 6.38. The molecular weight excluding hydrogens is 254 g/mol. The molecular formula is C15H15N3O2. The summed E-state index contributed by atoms with van der Waals surface area (Å²) in [6, 6.07) is 9.75. The van der Waals surface area contributed by atoms with Crippen LogP contribution in [0.5, 0.6) is 5.75 Å². The lowest BCUT2D eigenvalue weighted by molar-refractivity contribution is 0.297. The monoisotopic (exact) mass is 269 g/mol. The number of aromatic nitrogens is 3. The van der Waals surface area contributed by atoms with E-state index in [1.54, 1.807) is 23.9 Å². The lowest BCUT2D eigenvalue weighted by Crippen LogP contribution is -2.19. The highest BCUT2D eigenvalue weighted by atomic mass is 16.5. The fraction of sp³-hybridized carbons (Fsp3) is 0.200. The Kier molecular flexibility index (Phi) is 3.02. The van der Waals surface area contributed by atoms with Gasteiger partial charge in [-0.3, -0.25) is 4.79 Å². The lowest BCUT2D eigenvalue weighted by Gasteiger charge is -2.08. The van der Waals surface area contributed by atoms with E-state index >= 15 is 0 Å². The highest BCUT2D eigenvalue weighted by Crippen LogP contribution is 2.13. The van der Waals surface area contributed by atoms with Crippen LogP contribution in [0.3, 0.4) is 0 Å². The summed E-state index contributed by atoms with van der Waals surface area (Å²) >= 11 is 0. The number of ether oxygens (including phenoxy) is 1. The standard InChI is InChI=1S/C15H15N3O2/c1-11-13(20-10-12-6-4-3-5-7-12)14(19)18-9-8-17(2)15(18)16-11/h3-9H,10H2,1-2H3. The van der Waals surface area contributed by atoms with E-state index in [2.05, 4.69) is 4.98 Å². The molecule has 5 heteroatoms. The molecule has 0 atom stereocenters. The lowest BCUT2D eigenvalue weighted by atomic mass is 10.2. The summed E-state index contributed by atoms with van der Waals surface area (Å²) in [5.74, 6) is 0.914. The SMILES string of the molecule is Cc1nc2n(C)ccn2c(=O)c1OCc1ccccc1. The minimum atomic E-state index is -0.177. The third-order valence-electron chi connectivity index (χ3n) is 3.21. The Labute approximate surface area is 116 Å². The first-order chi connectivity index (χ1) is 9.66. The molecule has 1 aromatic carbocycles. The minimum absolute atomic E-state index is 0.177. The predicted octanol–water partition coefficient (Wildman–Crippen LogP) is 1.92. The first-order valence-electron chi connectivity index (χ1n) is 6.38.